The second-order valence-electron chi connectivity index (χ2n) is 9.73. The lowest BCUT2D eigenvalue weighted by molar-refractivity contribution is -0.139. The van der Waals surface area contributed by atoms with E-state index in [4.69, 9.17) is 27.9 Å². The molecule has 38 heavy (non-hydrogen) atoms. The third-order valence-electron chi connectivity index (χ3n) is 6.74. The fourth-order valence-corrected chi connectivity index (χ4v) is 5.74. The molecule has 1 saturated carbocycles. The molecule has 2 aromatic carbocycles. The van der Waals surface area contributed by atoms with Crippen molar-refractivity contribution in [2.75, 3.05) is 24.2 Å². The second kappa shape index (κ2) is 13.0. The molecule has 0 unspecified atom stereocenters. The number of methoxy groups -OCH3 is 1. The second-order valence-corrected chi connectivity index (χ2v) is 12.5. The van der Waals surface area contributed by atoms with Crippen LogP contribution in [0.5, 0.6) is 5.75 Å². The highest BCUT2D eigenvalue weighted by molar-refractivity contribution is 7.92. The number of rotatable bonds is 10. The molecule has 0 aliphatic heterocycles. The standard InChI is InChI=1S/C27H35Cl2N3O5S/c1-18-10-13-25(37-3)24(14-18)32(38(4,35)36)17-26(33)31(16-20-11-12-22(28)23(29)15-20)19(2)27(34)30-21-8-6-5-7-9-21/h10-15,19,21H,5-9,16-17H2,1-4H3,(H,30,34)/t19-/m0/s1. The maximum atomic E-state index is 13.8. The van der Waals surface area contributed by atoms with Crippen LogP contribution >= 0.6 is 23.2 Å². The summed E-state index contributed by atoms with van der Waals surface area (Å²) >= 11 is 12.3. The molecule has 1 aliphatic rings. The molecule has 11 heteroatoms. The first kappa shape index (κ1) is 30.1. The van der Waals surface area contributed by atoms with Gasteiger partial charge in [0.1, 0.15) is 18.3 Å². The van der Waals surface area contributed by atoms with Crippen LogP contribution < -0.4 is 14.4 Å². The maximum Gasteiger partial charge on any atom is 0.244 e. The van der Waals surface area contributed by atoms with E-state index in [0.717, 1.165) is 48.2 Å². The van der Waals surface area contributed by atoms with E-state index in [2.05, 4.69) is 5.32 Å². The summed E-state index contributed by atoms with van der Waals surface area (Å²) < 4.78 is 32.1. The molecule has 208 valence electrons. The number of hydrogen-bond donors (Lipinski definition) is 1. The van der Waals surface area contributed by atoms with Crippen LogP contribution in [0.4, 0.5) is 5.69 Å². The largest absolute Gasteiger partial charge is 0.495 e. The number of aryl methyl sites for hydroxylation is 1. The van der Waals surface area contributed by atoms with Crippen molar-refractivity contribution in [2.24, 2.45) is 0 Å². The van der Waals surface area contributed by atoms with E-state index in [1.165, 1.54) is 12.0 Å². The summed E-state index contributed by atoms with van der Waals surface area (Å²) in [5, 5.41) is 3.75. The predicted molar refractivity (Wildman–Crippen MR) is 151 cm³/mol. The first-order valence-corrected chi connectivity index (χ1v) is 15.2. The molecule has 2 amide bonds. The summed E-state index contributed by atoms with van der Waals surface area (Å²) in [6.45, 7) is 2.99. The smallest absolute Gasteiger partial charge is 0.244 e. The Balaban J connectivity index is 1.94. The SMILES string of the molecule is COc1ccc(C)cc1N(CC(=O)N(Cc1ccc(Cl)c(Cl)c1)[C@@H](C)C(=O)NC1CCCCC1)S(C)(=O)=O. The van der Waals surface area contributed by atoms with Crippen molar-refractivity contribution in [2.45, 2.75) is 64.6 Å². The maximum absolute atomic E-state index is 13.8. The topological polar surface area (TPSA) is 96.0 Å². The summed E-state index contributed by atoms with van der Waals surface area (Å²) in [5.41, 5.74) is 1.70. The Hall–Kier alpha value is -2.49. The number of nitrogens with zero attached hydrogens (tertiary/aromatic N) is 2. The molecule has 8 nitrogen and oxygen atoms in total. The van der Waals surface area contributed by atoms with Gasteiger partial charge in [-0.15, -0.1) is 0 Å². The molecule has 0 bridgehead atoms. The first-order chi connectivity index (χ1) is 17.9. The van der Waals surface area contributed by atoms with Crippen LogP contribution in [-0.2, 0) is 26.2 Å². The van der Waals surface area contributed by atoms with E-state index in [0.29, 0.717) is 21.4 Å². The molecule has 0 saturated heterocycles. The minimum atomic E-state index is -3.88. The zero-order chi connectivity index (χ0) is 28.0. The normalized spacial score (nSPS) is 15.0. The lowest BCUT2D eigenvalue weighted by atomic mass is 9.95. The minimum absolute atomic E-state index is 0.0392. The van der Waals surface area contributed by atoms with Gasteiger partial charge in [0.2, 0.25) is 21.8 Å². The van der Waals surface area contributed by atoms with Crippen LogP contribution in [0.2, 0.25) is 10.0 Å². The zero-order valence-electron chi connectivity index (χ0n) is 22.2. The van der Waals surface area contributed by atoms with E-state index >= 15 is 0 Å². The van der Waals surface area contributed by atoms with Gasteiger partial charge in [-0.05, 0) is 62.1 Å². The zero-order valence-corrected chi connectivity index (χ0v) is 24.5. The lowest BCUT2D eigenvalue weighted by Gasteiger charge is -2.33. The minimum Gasteiger partial charge on any atom is -0.495 e. The highest BCUT2D eigenvalue weighted by atomic mass is 35.5. The molecule has 2 aromatic rings. The lowest BCUT2D eigenvalue weighted by Crippen LogP contribution is -2.53. The fourth-order valence-electron chi connectivity index (χ4n) is 4.58. The summed E-state index contributed by atoms with van der Waals surface area (Å²) in [7, 11) is -2.45. The molecule has 0 spiro atoms. The van der Waals surface area contributed by atoms with Gasteiger partial charge in [-0.25, -0.2) is 8.42 Å². The first-order valence-electron chi connectivity index (χ1n) is 12.6. The van der Waals surface area contributed by atoms with Crippen LogP contribution in [0.15, 0.2) is 36.4 Å². The number of halogens is 2. The molecule has 0 radical (unpaired) electrons. The predicted octanol–water partition coefficient (Wildman–Crippen LogP) is 4.94. The summed E-state index contributed by atoms with van der Waals surface area (Å²) in [4.78, 5) is 28.4. The van der Waals surface area contributed by atoms with Crippen LogP contribution in [0, 0.1) is 6.92 Å². The Bertz CT molecular complexity index is 1270. The van der Waals surface area contributed by atoms with E-state index in [1.807, 2.05) is 6.92 Å². The average Bonchev–Trinajstić information content (AvgIpc) is 2.87. The third-order valence-corrected chi connectivity index (χ3v) is 8.60. The number of amides is 2. The number of benzene rings is 2. The highest BCUT2D eigenvalue weighted by Crippen LogP contribution is 2.31. The Morgan fingerprint density at radius 2 is 1.76 bits per heavy atom. The van der Waals surface area contributed by atoms with Gasteiger partial charge in [0.15, 0.2) is 0 Å². The van der Waals surface area contributed by atoms with Crippen LogP contribution in [-0.4, -0.2) is 57.1 Å². The summed E-state index contributed by atoms with van der Waals surface area (Å²) in [5.74, 6) is -0.520. The van der Waals surface area contributed by atoms with Crippen LogP contribution in [0.25, 0.3) is 0 Å². The molecule has 1 fully saturated rings. The molecule has 0 heterocycles. The molecular formula is C27H35Cl2N3O5S. The Labute approximate surface area is 235 Å². The van der Waals surface area contributed by atoms with E-state index in [-0.39, 0.29) is 24.2 Å². The van der Waals surface area contributed by atoms with Crippen molar-refractivity contribution in [3.8, 4) is 5.75 Å². The molecular weight excluding hydrogens is 549 g/mol. The van der Waals surface area contributed by atoms with Gasteiger partial charge < -0.3 is 15.0 Å². The van der Waals surface area contributed by atoms with Gasteiger partial charge in [0, 0.05) is 12.6 Å². The van der Waals surface area contributed by atoms with Crippen LogP contribution in [0.1, 0.15) is 50.2 Å². The number of hydrogen-bond acceptors (Lipinski definition) is 5. The van der Waals surface area contributed by atoms with Crippen LogP contribution in [0.3, 0.4) is 0 Å². The summed E-state index contributed by atoms with van der Waals surface area (Å²) in [6, 6.07) is 9.26. The number of carbonyl (C=O) groups is 2. The van der Waals surface area contributed by atoms with Crippen molar-refractivity contribution in [1.29, 1.82) is 0 Å². The van der Waals surface area contributed by atoms with Gasteiger partial charge in [-0.3, -0.25) is 13.9 Å². The fraction of sp³-hybridized carbons (Fsp3) is 0.481. The number of sulfonamides is 1. The van der Waals surface area contributed by atoms with Gasteiger partial charge in [-0.2, -0.15) is 0 Å². The Morgan fingerprint density at radius 3 is 2.37 bits per heavy atom. The quantitative estimate of drug-likeness (QED) is 0.427. The molecule has 1 aliphatic carbocycles. The summed E-state index contributed by atoms with van der Waals surface area (Å²) in [6.07, 6.45) is 6.07. The average molecular weight is 585 g/mol. The monoisotopic (exact) mass is 583 g/mol. The van der Waals surface area contributed by atoms with Crippen molar-refractivity contribution < 1.29 is 22.7 Å². The van der Waals surface area contributed by atoms with Gasteiger partial charge >= 0.3 is 0 Å². The van der Waals surface area contributed by atoms with Crippen molar-refractivity contribution in [1.82, 2.24) is 10.2 Å². The number of anilines is 1. The number of ether oxygens (including phenoxy) is 1. The van der Waals surface area contributed by atoms with E-state index in [9.17, 15) is 18.0 Å². The molecule has 1 atom stereocenters. The highest BCUT2D eigenvalue weighted by Gasteiger charge is 2.32. The molecule has 1 N–H and O–H groups in total. The van der Waals surface area contributed by atoms with Gasteiger partial charge in [0.05, 0.1) is 29.1 Å². The van der Waals surface area contributed by atoms with Crippen molar-refractivity contribution in [3.05, 3.63) is 57.6 Å². The van der Waals surface area contributed by atoms with E-state index in [1.54, 1.807) is 43.3 Å². The molecule has 3 rings (SSSR count). The Morgan fingerprint density at radius 1 is 1.08 bits per heavy atom. The van der Waals surface area contributed by atoms with Gasteiger partial charge in [0.25, 0.3) is 0 Å². The third kappa shape index (κ3) is 7.77. The van der Waals surface area contributed by atoms with Crippen molar-refractivity contribution in [3.63, 3.8) is 0 Å². The number of carbonyl (C=O) groups excluding carboxylic acids is 2. The Kier molecular flexibility index (Phi) is 10.3. The van der Waals surface area contributed by atoms with Crippen molar-refractivity contribution >= 4 is 50.7 Å². The van der Waals surface area contributed by atoms with Gasteiger partial charge in [-0.1, -0.05) is 54.6 Å². The van der Waals surface area contributed by atoms with E-state index < -0.39 is 28.5 Å². The number of nitrogens with one attached hydrogen (secondary N) is 1. The molecule has 0 aromatic heterocycles.